The number of aliphatic hydroxyl groups is 1. The van der Waals surface area contributed by atoms with Crippen molar-refractivity contribution in [2.24, 2.45) is 0 Å². The molecular weight excluding hydrogens is 226 g/mol. The van der Waals surface area contributed by atoms with Crippen LogP contribution in [0.2, 0.25) is 0 Å². The third-order valence-electron chi connectivity index (χ3n) is 2.98. The molecule has 1 saturated carbocycles. The van der Waals surface area contributed by atoms with Crippen molar-refractivity contribution in [3.05, 3.63) is 47.5 Å². The fraction of sp³-hybridized carbons (Fsp3) is 0.400. The zero-order valence-corrected chi connectivity index (χ0v) is 10.6. The Hall–Kier alpha value is -1.61. The van der Waals surface area contributed by atoms with Crippen LogP contribution in [0.15, 0.2) is 42.0 Å². The molecule has 96 valence electrons. The Kier molecular flexibility index (Phi) is 4.15. The maximum absolute atomic E-state index is 11.6. The first kappa shape index (κ1) is 12.8. The highest BCUT2D eigenvalue weighted by Crippen LogP contribution is 2.28. The van der Waals surface area contributed by atoms with Gasteiger partial charge in [0.15, 0.2) is 0 Å². The van der Waals surface area contributed by atoms with Gasteiger partial charge in [0.25, 0.3) is 0 Å². The topological polar surface area (TPSA) is 49.3 Å². The average molecular weight is 245 g/mol. The molecule has 2 unspecified atom stereocenters. The number of carbonyl (C=O) groups is 1. The number of nitrogens with one attached hydrogen (secondary N) is 1. The van der Waals surface area contributed by atoms with E-state index in [-0.39, 0.29) is 11.9 Å². The summed E-state index contributed by atoms with van der Waals surface area (Å²) in [5.41, 5.74) is 2.58. The fourth-order valence-electron chi connectivity index (χ4n) is 1.85. The van der Waals surface area contributed by atoms with Gasteiger partial charge in [0, 0.05) is 0 Å². The number of carbonyl (C=O) groups excluding carboxylic acids is 1. The standard InChI is InChI=1S/C15H19NO2/c1-11(17)15(18)16-14(10-13-7-8-13)9-12-5-3-2-4-6-12/h2-6,10-11,14,17H,7-9H2,1H3,(H,16,18). The minimum absolute atomic E-state index is 0.0213. The Bertz CT molecular complexity index is 431. The molecule has 1 amide bonds. The van der Waals surface area contributed by atoms with E-state index in [1.165, 1.54) is 18.1 Å². The first-order valence-electron chi connectivity index (χ1n) is 6.37. The summed E-state index contributed by atoms with van der Waals surface area (Å²) in [5.74, 6) is -0.312. The second-order valence-electron chi connectivity index (χ2n) is 4.81. The van der Waals surface area contributed by atoms with Gasteiger partial charge < -0.3 is 10.4 Å². The van der Waals surface area contributed by atoms with E-state index in [0.717, 1.165) is 19.3 Å². The zero-order valence-electron chi connectivity index (χ0n) is 10.6. The van der Waals surface area contributed by atoms with Crippen molar-refractivity contribution < 1.29 is 9.90 Å². The van der Waals surface area contributed by atoms with E-state index in [9.17, 15) is 9.90 Å². The van der Waals surface area contributed by atoms with Crippen LogP contribution in [0.3, 0.4) is 0 Å². The molecule has 0 heterocycles. The van der Waals surface area contributed by atoms with Gasteiger partial charge in [-0.2, -0.15) is 0 Å². The van der Waals surface area contributed by atoms with E-state index < -0.39 is 6.10 Å². The van der Waals surface area contributed by atoms with Crippen LogP contribution in [0.5, 0.6) is 0 Å². The molecule has 18 heavy (non-hydrogen) atoms. The second-order valence-corrected chi connectivity index (χ2v) is 4.81. The summed E-state index contributed by atoms with van der Waals surface area (Å²) in [6.07, 6.45) is 4.20. The van der Waals surface area contributed by atoms with Crippen LogP contribution in [0, 0.1) is 0 Å². The minimum atomic E-state index is -0.958. The van der Waals surface area contributed by atoms with Gasteiger partial charge in [-0.15, -0.1) is 0 Å². The molecule has 1 aromatic rings. The zero-order chi connectivity index (χ0) is 13.0. The van der Waals surface area contributed by atoms with Gasteiger partial charge in [-0.1, -0.05) is 42.0 Å². The molecule has 0 saturated heterocycles. The SMILES string of the molecule is CC(O)C(=O)NC(C=C1CC1)Cc1ccccc1. The molecule has 1 aliphatic rings. The molecule has 0 radical (unpaired) electrons. The normalized spacial score (nSPS) is 16.9. The highest BCUT2D eigenvalue weighted by atomic mass is 16.3. The van der Waals surface area contributed by atoms with Crippen molar-refractivity contribution in [2.45, 2.75) is 38.3 Å². The lowest BCUT2D eigenvalue weighted by Gasteiger charge is -2.16. The summed E-state index contributed by atoms with van der Waals surface area (Å²) < 4.78 is 0. The van der Waals surface area contributed by atoms with E-state index in [2.05, 4.69) is 11.4 Å². The Morgan fingerprint density at radius 1 is 1.39 bits per heavy atom. The molecule has 0 bridgehead atoms. The number of allylic oxidation sites excluding steroid dienone is 1. The summed E-state index contributed by atoms with van der Waals surface area (Å²) >= 11 is 0. The highest BCUT2D eigenvalue weighted by Gasteiger charge is 2.18. The Labute approximate surface area is 108 Å². The molecule has 1 fully saturated rings. The molecule has 0 spiro atoms. The monoisotopic (exact) mass is 245 g/mol. The Balaban J connectivity index is 2.01. The van der Waals surface area contributed by atoms with Crippen molar-refractivity contribution in [2.75, 3.05) is 0 Å². The van der Waals surface area contributed by atoms with E-state index in [1.807, 2.05) is 30.3 Å². The van der Waals surface area contributed by atoms with Crippen LogP contribution in [-0.2, 0) is 11.2 Å². The van der Waals surface area contributed by atoms with Crippen LogP contribution in [0.4, 0.5) is 0 Å². The van der Waals surface area contributed by atoms with Gasteiger partial charge in [0.2, 0.25) is 5.91 Å². The molecule has 2 N–H and O–H groups in total. The molecule has 0 aliphatic heterocycles. The molecule has 1 aromatic carbocycles. The third kappa shape index (κ3) is 4.00. The number of aliphatic hydroxyl groups excluding tert-OH is 1. The van der Waals surface area contributed by atoms with Crippen molar-refractivity contribution in [1.82, 2.24) is 5.32 Å². The van der Waals surface area contributed by atoms with Gasteiger partial charge in [-0.25, -0.2) is 0 Å². The number of hydrogen-bond donors (Lipinski definition) is 2. The van der Waals surface area contributed by atoms with Crippen LogP contribution in [0.25, 0.3) is 0 Å². The van der Waals surface area contributed by atoms with Gasteiger partial charge in [-0.3, -0.25) is 4.79 Å². The van der Waals surface area contributed by atoms with Crippen LogP contribution < -0.4 is 5.32 Å². The van der Waals surface area contributed by atoms with Gasteiger partial charge in [0.05, 0.1) is 6.04 Å². The van der Waals surface area contributed by atoms with Crippen molar-refractivity contribution in [1.29, 1.82) is 0 Å². The predicted octanol–water partition coefficient (Wildman–Crippen LogP) is 1.81. The van der Waals surface area contributed by atoms with Crippen LogP contribution >= 0.6 is 0 Å². The molecule has 0 aromatic heterocycles. The van der Waals surface area contributed by atoms with E-state index in [0.29, 0.717) is 0 Å². The minimum Gasteiger partial charge on any atom is -0.384 e. The Morgan fingerprint density at radius 3 is 2.61 bits per heavy atom. The summed E-state index contributed by atoms with van der Waals surface area (Å²) in [7, 11) is 0. The molecule has 2 rings (SSSR count). The van der Waals surface area contributed by atoms with Gasteiger partial charge >= 0.3 is 0 Å². The predicted molar refractivity (Wildman–Crippen MR) is 71.1 cm³/mol. The molecule has 3 heteroatoms. The van der Waals surface area contributed by atoms with E-state index >= 15 is 0 Å². The van der Waals surface area contributed by atoms with E-state index in [4.69, 9.17) is 0 Å². The molecule has 3 nitrogen and oxygen atoms in total. The molecular formula is C15H19NO2. The molecule has 2 atom stereocenters. The maximum Gasteiger partial charge on any atom is 0.249 e. The lowest BCUT2D eigenvalue weighted by molar-refractivity contribution is -0.128. The third-order valence-corrected chi connectivity index (χ3v) is 2.98. The highest BCUT2D eigenvalue weighted by molar-refractivity contribution is 5.80. The lowest BCUT2D eigenvalue weighted by Crippen LogP contribution is -2.40. The summed E-state index contributed by atoms with van der Waals surface area (Å²) in [5, 5.41) is 12.1. The quantitative estimate of drug-likeness (QED) is 0.777. The number of amides is 1. The number of rotatable bonds is 5. The van der Waals surface area contributed by atoms with Crippen LogP contribution in [0.1, 0.15) is 25.3 Å². The van der Waals surface area contributed by atoms with Crippen molar-refractivity contribution >= 4 is 5.91 Å². The summed E-state index contributed by atoms with van der Waals surface area (Å²) in [4.78, 5) is 11.6. The van der Waals surface area contributed by atoms with Gasteiger partial charge in [-0.05, 0) is 31.7 Å². The second kappa shape index (κ2) is 5.83. The maximum atomic E-state index is 11.6. The fourth-order valence-corrected chi connectivity index (χ4v) is 1.85. The largest absolute Gasteiger partial charge is 0.384 e. The van der Waals surface area contributed by atoms with E-state index in [1.54, 1.807) is 0 Å². The molecule has 1 aliphatic carbocycles. The summed E-state index contributed by atoms with van der Waals surface area (Å²) in [6, 6.07) is 10.0. The lowest BCUT2D eigenvalue weighted by atomic mass is 10.0. The Morgan fingerprint density at radius 2 is 2.06 bits per heavy atom. The first-order valence-corrected chi connectivity index (χ1v) is 6.37. The van der Waals surface area contributed by atoms with Crippen molar-refractivity contribution in [3.8, 4) is 0 Å². The van der Waals surface area contributed by atoms with Crippen LogP contribution in [-0.4, -0.2) is 23.2 Å². The smallest absolute Gasteiger partial charge is 0.249 e. The van der Waals surface area contributed by atoms with Gasteiger partial charge in [0.1, 0.15) is 6.10 Å². The van der Waals surface area contributed by atoms with Crippen molar-refractivity contribution in [3.63, 3.8) is 0 Å². The summed E-state index contributed by atoms with van der Waals surface area (Å²) in [6.45, 7) is 1.49. The number of hydrogen-bond acceptors (Lipinski definition) is 2. The first-order chi connectivity index (χ1) is 8.65. The number of benzene rings is 1. The average Bonchev–Trinajstić information content (AvgIpc) is 3.14.